The third-order valence-corrected chi connectivity index (χ3v) is 3.50. The maximum absolute atomic E-state index is 13.6. The minimum Gasteiger partial charge on any atom is -0.489 e. The first-order chi connectivity index (χ1) is 11.6. The van der Waals surface area contributed by atoms with Crippen molar-refractivity contribution >= 4 is 5.69 Å². The number of nitrogens with one attached hydrogen (secondary N) is 1. The Morgan fingerprint density at radius 2 is 1.88 bits per heavy atom. The monoisotopic (exact) mass is 327 g/mol. The standard InChI is InChI=1S/C18H18FN3O2/c1-12(18-22-21-13(2)24-18)20-15-7-9-16(10-8-15)23-11-14-5-3-4-6-17(14)19/h3-10,12,20H,11H2,1-2H3. The molecule has 0 fully saturated rings. The van der Waals surface area contributed by atoms with Gasteiger partial charge in [0.2, 0.25) is 11.8 Å². The second-order valence-corrected chi connectivity index (χ2v) is 5.43. The van der Waals surface area contributed by atoms with E-state index >= 15 is 0 Å². The van der Waals surface area contributed by atoms with Gasteiger partial charge in [-0.05, 0) is 37.3 Å². The van der Waals surface area contributed by atoms with Gasteiger partial charge in [-0.1, -0.05) is 18.2 Å². The normalized spacial score (nSPS) is 12.0. The molecule has 0 aliphatic carbocycles. The summed E-state index contributed by atoms with van der Waals surface area (Å²) in [5.41, 5.74) is 1.43. The molecule has 5 nitrogen and oxygen atoms in total. The Kier molecular flexibility index (Phi) is 4.74. The Labute approximate surface area is 139 Å². The second kappa shape index (κ2) is 7.12. The summed E-state index contributed by atoms with van der Waals surface area (Å²) >= 11 is 0. The van der Waals surface area contributed by atoms with E-state index in [1.54, 1.807) is 25.1 Å². The molecule has 0 spiro atoms. The quantitative estimate of drug-likeness (QED) is 0.732. The first kappa shape index (κ1) is 16.0. The van der Waals surface area contributed by atoms with E-state index in [1.165, 1.54) is 6.07 Å². The van der Waals surface area contributed by atoms with Crippen LogP contribution in [0, 0.1) is 12.7 Å². The van der Waals surface area contributed by atoms with Crippen molar-refractivity contribution < 1.29 is 13.5 Å². The molecule has 0 radical (unpaired) electrons. The zero-order valence-electron chi connectivity index (χ0n) is 13.5. The fraction of sp³-hybridized carbons (Fsp3) is 0.222. The largest absolute Gasteiger partial charge is 0.489 e. The maximum Gasteiger partial charge on any atom is 0.238 e. The molecule has 0 aliphatic rings. The van der Waals surface area contributed by atoms with Gasteiger partial charge >= 0.3 is 0 Å². The fourth-order valence-corrected chi connectivity index (χ4v) is 2.22. The molecule has 3 rings (SSSR count). The molecule has 1 atom stereocenters. The Morgan fingerprint density at radius 1 is 1.12 bits per heavy atom. The number of ether oxygens (including phenoxy) is 1. The summed E-state index contributed by atoms with van der Waals surface area (Å²) in [6, 6.07) is 13.9. The Bertz CT molecular complexity index is 802. The van der Waals surface area contributed by atoms with E-state index < -0.39 is 0 Å². The van der Waals surface area contributed by atoms with E-state index in [0.29, 0.717) is 23.1 Å². The lowest BCUT2D eigenvalue weighted by molar-refractivity contribution is 0.300. The van der Waals surface area contributed by atoms with Gasteiger partial charge < -0.3 is 14.5 Å². The van der Waals surface area contributed by atoms with E-state index in [-0.39, 0.29) is 18.5 Å². The van der Waals surface area contributed by atoms with Crippen molar-refractivity contribution in [1.29, 1.82) is 0 Å². The lowest BCUT2D eigenvalue weighted by Crippen LogP contribution is -2.07. The summed E-state index contributed by atoms with van der Waals surface area (Å²) in [5, 5.41) is 11.1. The van der Waals surface area contributed by atoms with Crippen molar-refractivity contribution in [3.8, 4) is 5.75 Å². The predicted octanol–water partition coefficient (Wildman–Crippen LogP) is 4.27. The summed E-state index contributed by atoms with van der Waals surface area (Å²) in [5.74, 6) is 1.48. The first-order valence-corrected chi connectivity index (χ1v) is 7.64. The molecular weight excluding hydrogens is 309 g/mol. The smallest absolute Gasteiger partial charge is 0.238 e. The third kappa shape index (κ3) is 3.90. The molecule has 1 N–H and O–H groups in total. The highest BCUT2D eigenvalue weighted by Gasteiger charge is 2.12. The number of hydrogen-bond acceptors (Lipinski definition) is 5. The lowest BCUT2D eigenvalue weighted by Gasteiger charge is -2.12. The number of benzene rings is 2. The van der Waals surface area contributed by atoms with Crippen molar-refractivity contribution in [1.82, 2.24) is 10.2 Å². The van der Waals surface area contributed by atoms with Crippen LogP contribution in [0.3, 0.4) is 0 Å². The van der Waals surface area contributed by atoms with E-state index in [4.69, 9.17) is 9.15 Å². The second-order valence-electron chi connectivity index (χ2n) is 5.43. The molecule has 24 heavy (non-hydrogen) atoms. The van der Waals surface area contributed by atoms with Gasteiger partial charge in [-0.2, -0.15) is 0 Å². The van der Waals surface area contributed by atoms with Crippen molar-refractivity contribution in [2.45, 2.75) is 26.5 Å². The average Bonchev–Trinajstić information content (AvgIpc) is 3.02. The van der Waals surface area contributed by atoms with Crippen LogP contribution in [0.5, 0.6) is 5.75 Å². The van der Waals surface area contributed by atoms with E-state index in [2.05, 4.69) is 15.5 Å². The SMILES string of the molecule is Cc1nnc(C(C)Nc2ccc(OCc3ccccc3F)cc2)o1. The number of aromatic nitrogens is 2. The van der Waals surface area contributed by atoms with Crippen molar-refractivity contribution in [2.24, 2.45) is 0 Å². The van der Waals surface area contributed by atoms with Crippen molar-refractivity contribution in [3.63, 3.8) is 0 Å². The van der Waals surface area contributed by atoms with Gasteiger partial charge in [-0.3, -0.25) is 0 Å². The average molecular weight is 327 g/mol. The van der Waals surface area contributed by atoms with Gasteiger partial charge in [0.15, 0.2) is 0 Å². The molecule has 2 aromatic carbocycles. The van der Waals surface area contributed by atoms with Crippen LogP contribution < -0.4 is 10.1 Å². The zero-order chi connectivity index (χ0) is 16.9. The topological polar surface area (TPSA) is 60.2 Å². The molecule has 0 saturated heterocycles. The molecule has 124 valence electrons. The zero-order valence-corrected chi connectivity index (χ0v) is 13.5. The number of rotatable bonds is 6. The van der Waals surface area contributed by atoms with Crippen LogP contribution in [0.4, 0.5) is 10.1 Å². The molecule has 6 heteroatoms. The Morgan fingerprint density at radius 3 is 2.54 bits per heavy atom. The predicted molar refractivity (Wildman–Crippen MR) is 88.2 cm³/mol. The molecule has 0 saturated carbocycles. The van der Waals surface area contributed by atoms with Crippen LogP contribution in [-0.2, 0) is 6.61 Å². The van der Waals surface area contributed by atoms with Crippen LogP contribution in [0.25, 0.3) is 0 Å². The minimum absolute atomic E-state index is 0.101. The third-order valence-electron chi connectivity index (χ3n) is 3.50. The number of nitrogens with zero attached hydrogens (tertiary/aromatic N) is 2. The van der Waals surface area contributed by atoms with E-state index in [0.717, 1.165) is 5.69 Å². The molecule has 0 bridgehead atoms. The lowest BCUT2D eigenvalue weighted by atomic mass is 10.2. The van der Waals surface area contributed by atoms with Crippen LogP contribution >= 0.6 is 0 Å². The van der Waals surface area contributed by atoms with E-state index in [9.17, 15) is 4.39 Å². The summed E-state index contributed by atoms with van der Waals surface area (Å²) < 4.78 is 24.6. The van der Waals surface area contributed by atoms with Gasteiger partial charge in [0.1, 0.15) is 24.2 Å². The summed E-state index contributed by atoms with van der Waals surface area (Å²) in [6.45, 7) is 3.89. The molecule has 1 heterocycles. The van der Waals surface area contributed by atoms with Gasteiger partial charge in [0.05, 0.1) is 0 Å². The number of aryl methyl sites for hydroxylation is 1. The maximum atomic E-state index is 13.6. The van der Waals surface area contributed by atoms with Crippen LogP contribution in [0.15, 0.2) is 52.9 Å². The Hall–Kier alpha value is -2.89. The number of anilines is 1. The number of hydrogen-bond donors (Lipinski definition) is 1. The van der Waals surface area contributed by atoms with Gasteiger partial charge in [0.25, 0.3) is 0 Å². The van der Waals surface area contributed by atoms with Crippen LogP contribution in [0.1, 0.15) is 30.3 Å². The van der Waals surface area contributed by atoms with Gasteiger partial charge in [-0.25, -0.2) is 4.39 Å². The highest BCUT2D eigenvalue weighted by molar-refractivity contribution is 5.47. The van der Waals surface area contributed by atoms with Gasteiger partial charge in [0, 0.05) is 18.2 Å². The summed E-state index contributed by atoms with van der Waals surface area (Å²) in [7, 11) is 0. The van der Waals surface area contributed by atoms with Crippen LogP contribution in [0.2, 0.25) is 0 Å². The first-order valence-electron chi connectivity index (χ1n) is 7.64. The fourth-order valence-electron chi connectivity index (χ4n) is 2.22. The molecule has 1 unspecified atom stereocenters. The molecule has 1 aromatic heterocycles. The summed E-state index contributed by atoms with van der Waals surface area (Å²) in [4.78, 5) is 0. The molecule has 3 aromatic rings. The molecule has 0 amide bonds. The highest BCUT2D eigenvalue weighted by atomic mass is 19.1. The number of halogens is 1. The van der Waals surface area contributed by atoms with Crippen molar-refractivity contribution in [2.75, 3.05) is 5.32 Å². The molecular formula is C18H18FN3O2. The molecule has 0 aliphatic heterocycles. The van der Waals surface area contributed by atoms with Gasteiger partial charge in [-0.15, -0.1) is 10.2 Å². The van der Waals surface area contributed by atoms with Crippen molar-refractivity contribution in [3.05, 3.63) is 71.7 Å². The Balaban J connectivity index is 1.58. The van der Waals surface area contributed by atoms with Crippen LogP contribution in [-0.4, -0.2) is 10.2 Å². The minimum atomic E-state index is -0.264. The summed E-state index contributed by atoms with van der Waals surface area (Å²) in [6.07, 6.45) is 0. The highest BCUT2D eigenvalue weighted by Crippen LogP contribution is 2.22. The van der Waals surface area contributed by atoms with E-state index in [1.807, 2.05) is 31.2 Å².